The number of ether oxygens (including phenoxy) is 1. The molecule has 7 nitrogen and oxygen atoms in total. The van der Waals surface area contributed by atoms with Gasteiger partial charge in [-0.05, 0) is 54.1 Å². The fourth-order valence-electron chi connectivity index (χ4n) is 3.72. The lowest BCUT2D eigenvalue weighted by Gasteiger charge is -2.13. The zero-order valence-corrected chi connectivity index (χ0v) is 19.0. The molecule has 0 spiro atoms. The average Bonchev–Trinajstić information content (AvgIpc) is 2.89. The van der Waals surface area contributed by atoms with Gasteiger partial charge in [0.1, 0.15) is 5.69 Å². The van der Waals surface area contributed by atoms with Crippen LogP contribution < -0.4 is 9.46 Å². The Morgan fingerprint density at radius 1 is 0.794 bits per heavy atom. The fraction of sp³-hybridized carbons (Fsp3) is 0.0385. The van der Waals surface area contributed by atoms with Gasteiger partial charge in [0.05, 0.1) is 23.2 Å². The number of hydrogen-bond acceptors (Lipinski definition) is 6. The van der Waals surface area contributed by atoms with E-state index in [0.717, 1.165) is 33.3 Å². The maximum Gasteiger partial charge on any atom is 0.262 e. The molecule has 5 rings (SSSR count). The Balaban J connectivity index is 1.59. The topological polar surface area (TPSA) is 94.1 Å². The van der Waals surface area contributed by atoms with E-state index >= 15 is 0 Å². The average molecular weight is 469 g/mol. The van der Waals surface area contributed by atoms with E-state index in [4.69, 9.17) is 4.74 Å². The molecule has 0 amide bonds. The minimum absolute atomic E-state index is 0.152. The summed E-state index contributed by atoms with van der Waals surface area (Å²) in [5.74, 6) is 0.180. The monoisotopic (exact) mass is 468 g/mol. The summed E-state index contributed by atoms with van der Waals surface area (Å²) in [6.45, 7) is 0. The van der Waals surface area contributed by atoms with Crippen LogP contribution >= 0.6 is 0 Å². The highest BCUT2D eigenvalue weighted by atomic mass is 32.2. The van der Waals surface area contributed by atoms with Gasteiger partial charge in [0.2, 0.25) is 5.88 Å². The molecule has 3 aromatic heterocycles. The summed E-state index contributed by atoms with van der Waals surface area (Å²) in [6, 6.07) is 23.4. The number of nitrogens with one attached hydrogen (secondary N) is 1. The summed E-state index contributed by atoms with van der Waals surface area (Å²) in [7, 11) is -2.36. The summed E-state index contributed by atoms with van der Waals surface area (Å²) in [5, 5.41) is 0.931. The minimum Gasteiger partial charge on any atom is -0.480 e. The lowest BCUT2D eigenvalue weighted by atomic mass is 10.00. The van der Waals surface area contributed by atoms with E-state index in [1.54, 1.807) is 42.9 Å². The number of methoxy groups -OCH3 is 1. The standard InChI is InChI=1S/C26H20N4O3S/c1-33-26-25(30-34(31,32)20-7-3-2-4-8-20)16-19(17-29-26)18-10-11-24-22(15-18)21(12-14-28-24)23-9-5-6-13-27-23/h2-17,30H,1H3. The van der Waals surface area contributed by atoms with Crippen molar-refractivity contribution in [3.63, 3.8) is 0 Å². The van der Waals surface area contributed by atoms with Crippen LogP contribution in [-0.2, 0) is 10.0 Å². The van der Waals surface area contributed by atoms with Gasteiger partial charge < -0.3 is 4.74 Å². The lowest BCUT2D eigenvalue weighted by Crippen LogP contribution is -2.14. The minimum atomic E-state index is -3.81. The van der Waals surface area contributed by atoms with Gasteiger partial charge in [-0.25, -0.2) is 13.4 Å². The number of aromatic nitrogens is 3. The van der Waals surface area contributed by atoms with Gasteiger partial charge in [0.25, 0.3) is 10.0 Å². The Labute approximate surface area is 197 Å². The molecule has 168 valence electrons. The molecule has 8 heteroatoms. The van der Waals surface area contributed by atoms with Crippen LogP contribution in [0, 0.1) is 0 Å². The van der Waals surface area contributed by atoms with Gasteiger partial charge in [0, 0.05) is 35.1 Å². The largest absolute Gasteiger partial charge is 0.480 e. The van der Waals surface area contributed by atoms with Crippen molar-refractivity contribution in [3.8, 4) is 28.3 Å². The molecule has 1 N–H and O–H groups in total. The highest BCUT2D eigenvalue weighted by Gasteiger charge is 2.18. The first-order valence-corrected chi connectivity index (χ1v) is 12.0. The zero-order chi connectivity index (χ0) is 23.5. The predicted octanol–water partition coefficient (Wildman–Crippen LogP) is 5.17. The van der Waals surface area contributed by atoms with Gasteiger partial charge in [-0.1, -0.05) is 30.3 Å². The molecule has 2 aromatic carbocycles. The van der Waals surface area contributed by atoms with Crippen molar-refractivity contribution in [1.82, 2.24) is 15.0 Å². The molecular weight excluding hydrogens is 448 g/mol. The van der Waals surface area contributed by atoms with Gasteiger partial charge in [-0.15, -0.1) is 0 Å². The fourth-order valence-corrected chi connectivity index (χ4v) is 4.79. The van der Waals surface area contributed by atoms with E-state index in [0.29, 0.717) is 0 Å². The van der Waals surface area contributed by atoms with Crippen molar-refractivity contribution < 1.29 is 13.2 Å². The Kier molecular flexibility index (Phi) is 5.65. The van der Waals surface area contributed by atoms with Crippen molar-refractivity contribution >= 4 is 26.6 Å². The number of pyridine rings is 3. The normalized spacial score (nSPS) is 11.3. The SMILES string of the molecule is COc1ncc(-c2ccc3nccc(-c4ccccn4)c3c2)cc1NS(=O)(=O)c1ccccc1. The third-order valence-corrected chi connectivity index (χ3v) is 6.74. The summed E-state index contributed by atoms with van der Waals surface area (Å²) in [6.07, 6.45) is 5.17. The molecule has 0 unspecified atom stereocenters. The van der Waals surface area contributed by atoms with Crippen LogP contribution in [0.2, 0.25) is 0 Å². The molecule has 5 aromatic rings. The van der Waals surface area contributed by atoms with E-state index in [1.807, 2.05) is 42.5 Å². The Hall–Kier alpha value is -4.30. The maximum absolute atomic E-state index is 12.9. The van der Waals surface area contributed by atoms with Crippen LogP contribution in [0.4, 0.5) is 5.69 Å². The van der Waals surface area contributed by atoms with E-state index in [2.05, 4.69) is 19.7 Å². The smallest absolute Gasteiger partial charge is 0.262 e. The number of hydrogen-bond donors (Lipinski definition) is 1. The molecule has 0 saturated carbocycles. The predicted molar refractivity (Wildman–Crippen MR) is 132 cm³/mol. The third kappa shape index (κ3) is 4.18. The van der Waals surface area contributed by atoms with Crippen LogP contribution in [0.15, 0.2) is 102 Å². The van der Waals surface area contributed by atoms with Gasteiger partial charge in [-0.3, -0.25) is 14.7 Å². The van der Waals surface area contributed by atoms with E-state index in [1.165, 1.54) is 19.2 Å². The van der Waals surface area contributed by atoms with Crippen LogP contribution in [0.3, 0.4) is 0 Å². The molecule has 0 fully saturated rings. The van der Waals surface area contributed by atoms with Gasteiger partial charge in [0.15, 0.2) is 0 Å². The number of rotatable bonds is 6. The summed E-state index contributed by atoms with van der Waals surface area (Å²) < 4.78 is 33.7. The summed E-state index contributed by atoms with van der Waals surface area (Å²) >= 11 is 0. The highest BCUT2D eigenvalue weighted by molar-refractivity contribution is 7.92. The third-order valence-electron chi connectivity index (χ3n) is 5.36. The molecule has 0 aliphatic carbocycles. The van der Waals surface area contributed by atoms with Crippen molar-refractivity contribution in [2.45, 2.75) is 4.90 Å². The van der Waals surface area contributed by atoms with Crippen molar-refractivity contribution in [2.24, 2.45) is 0 Å². The van der Waals surface area contributed by atoms with Crippen molar-refractivity contribution in [3.05, 3.63) is 97.5 Å². The van der Waals surface area contributed by atoms with Crippen LogP contribution in [-0.4, -0.2) is 30.5 Å². The van der Waals surface area contributed by atoms with Crippen LogP contribution in [0.25, 0.3) is 33.3 Å². The maximum atomic E-state index is 12.9. The number of anilines is 1. The molecule has 3 heterocycles. The lowest BCUT2D eigenvalue weighted by molar-refractivity contribution is 0.400. The van der Waals surface area contributed by atoms with Crippen LogP contribution in [0.5, 0.6) is 5.88 Å². The van der Waals surface area contributed by atoms with Crippen LogP contribution in [0.1, 0.15) is 0 Å². The molecule has 0 aliphatic heterocycles. The molecule has 0 saturated heterocycles. The first-order valence-electron chi connectivity index (χ1n) is 10.5. The highest BCUT2D eigenvalue weighted by Crippen LogP contribution is 2.33. The quantitative estimate of drug-likeness (QED) is 0.370. The Bertz CT molecular complexity index is 1570. The van der Waals surface area contributed by atoms with E-state index in [-0.39, 0.29) is 16.5 Å². The van der Waals surface area contributed by atoms with Gasteiger partial charge in [-0.2, -0.15) is 0 Å². The van der Waals surface area contributed by atoms with Crippen molar-refractivity contribution in [1.29, 1.82) is 0 Å². The second kappa shape index (κ2) is 8.92. The molecule has 0 bridgehead atoms. The second-order valence-electron chi connectivity index (χ2n) is 7.50. The summed E-state index contributed by atoms with van der Waals surface area (Å²) in [4.78, 5) is 13.4. The second-order valence-corrected chi connectivity index (χ2v) is 9.19. The molecule has 34 heavy (non-hydrogen) atoms. The number of benzene rings is 2. The molecule has 0 aliphatic rings. The first-order chi connectivity index (χ1) is 16.5. The summed E-state index contributed by atoms with van der Waals surface area (Å²) in [5.41, 5.74) is 4.46. The number of fused-ring (bicyclic) bond motifs is 1. The Morgan fingerprint density at radius 2 is 1.62 bits per heavy atom. The van der Waals surface area contributed by atoms with E-state index in [9.17, 15) is 8.42 Å². The van der Waals surface area contributed by atoms with Gasteiger partial charge >= 0.3 is 0 Å². The number of sulfonamides is 1. The first kappa shape index (κ1) is 21.5. The molecule has 0 radical (unpaired) electrons. The zero-order valence-electron chi connectivity index (χ0n) is 18.2. The Morgan fingerprint density at radius 3 is 2.38 bits per heavy atom. The van der Waals surface area contributed by atoms with E-state index < -0.39 is 10.0 Å². The molecule has 0 atom stereocenters. The molecular formula is C26H20N4O3S. The van der Waals surface area contributed by atoms with Crippen molar-refractivity contribution in [2.75, 3.05) is 11.8 Å². The number of nitrogens with zero attached hydrogens (tertiary/aromatic N) is 3.